The average Bonchev–Trinajstić information content (AvgIpc) is 2.76. The molecule has 20 heavy (non-hydrogen) atoms. The highest BCUT2D eigenvalue weighted by molar-refractivity contribution is 7.92. The van der Waals surface area contributed by atoms with Crippen molar-refractivity contribution >= 4 is 28.8 Å². The third-order valence-electron chi connectivity index (χ3n) is 2.27. The molecule has 1 atom stereocenters. The van der Waals surface area contributed by atoms with Gasteiger partial charge in [0.15, 0.2) is 0 Å². The highest BCUT2D eigenvalue weighted by Gasteiger charge is 2.28. The maximum atomic E-state index is 12.0. The van der Waals surface area contributed by atoms with Crippen molar-refractivity contribution in [3.63, 3.8) is 0 Å². The number of carbonyl (C=O) groups is 1. The number of thiazole rings is 1. The largest absolute Gasteiger partial charge is 0.587 e. The first-order valence-electron chi connectivity index (χ1n) is 5.98. The maximum absolute atomic E-state index is 12.0. The molecular formula is C12H20N2O4S2. The number of nitrogens with zero attached hydrogens (tertiary/aromatic N) is 1. The van der Waals surface area contributed by atoms with Crippen molar-refractivity contribution in [2.75, 3.05) is 7.11 Å². The van der Waals surface area contributed by atoms with E-state index in [1.165, 1.54) is 17.5 Å². The molecular weight excluding hydrogens is 300 g/mol. The van der Waals surface area contributed by atoms with Crippen LogP contribution in [0.2, 0.25) is 0 Å². The van der Waals surface area contributed by atoms with Crippen molar-refractivity contribution < 1.29 is 18.8 Å². The Balaban J connectivity index is 2.70. The smallest absolute Gasteiger partial charge is 0.449 e. The van der Waals surface area contributed by atoms with E-state index >= 15 is 0 Å². The number of hydrogen-bond acceptors (Lipinski definition) is 6. The predicted octanol–water partition coefficient (Wildman–Crippen LogP) is 2.57. The number of aromatic nitrogens is 1. The zero-order chi connectivity index (χ0) is 15.6. The minimum atomic E-state index is -1.69. The van der Waals surface area contributed by atoms with Crippen molar-refractivity contribution in [2.45, 2.75) is 50.0 Å². The molecule has 1 rings (SSSR count). The topological polar surface area (TPSA) is 83.5 Å². The van der Waals surface area contributed by atoms with E-state index in [9.17, 15) is 9.35 Å². The molecule has 0 saturated heterocycles. The number of ether oxygens (including phenoxy) is 2. The van der Waals surface area contributed by atoms with Gasteiger partial charge in [-0.15, -0.1) is 4.72 Å². The summed E-state index contributed by atoms with van der Waals surface area (Å²) in [4.78, 5) is 15.7. The summed E-state index contributed by atoms with van der Waals surface area (Å²) in [5, 5.41) is 0.689. The zero-order valence-electron chi connectivity index (χ0n) is 12.5. The molecule has 1 amide bonds. The molecule has 0 spiro atoms. The Hall–Kier alpha value is -0.830. The van der Waals surface area contributed by atoms with Gasteiger partial charge in [0.05, 0.1) is 6.20 Å². The number of hydrogen-bond donors (Lipinski definition) is 1. The quantitative estimate of drug-likeness (QED) is 0.862. The van der Waals surface area contributed by atoms with Crippen molar-refractivity contribution in [1.29, 1.82) is 0 Å². The van der Waals surface area contributed by atoms with Gasteiger partial charge in [-0.3, -0.25) is 0 Å². The summed E-state index contributed by atoms with van der Waals surface area (Å²) in [6, 6.07) is 0. The molecule has 0 radical (unpaired) electrons. The van der Waals surface area contributed by atoms with Crippen molar-refractivity contribution in [3.05, 3.63) is 11.2 Å². The van der Waals surface area contributed by atoms with Gasteiger partial charge in [0.2, 0.25) is 0 Å². The van der Waals surface area contributed by atoms with Crippen molar-refractivity contribution in [2.24, 2.45) is 0 Å². The highest BCUT2D eigenvalue weighted by atomic mass is 32.2. The lowest BCUT2D eigenvalue weighted by Crippen LogP contribution is -2.36. The monoisotopic (exact) mass is 320 g/mol. The SMILES string of the molecule is COC(C)(C)c1ncc([S+]([O-])NC(=O)OC(C)(C)C)s1. The Labute approximate surface area is 126 Å². The van der Waals surface area contributed by atoms with Gasteiger partial charge in [0.25, 0.3) is 4.21 Å². The molecule has 0 bridgehead atoms. The van der Waals surface area contributed by atoms with Crippen LogP contribution in [0.4, 0.5) is 4.79 Å². The van der Waals surface area contributed by atoms with Crippen molar-refractivity contribution in [3.8, 4) is 0 Å². The molecule has 1 heterocycles. The third-order valence-corrected chi connectivity index (χ3v) is 4.89. The molecule has 0 saturated carbocycles. The Morgan fingerprint density at radius 2 is 2.00 bits per heavy atom. The first-order valence-corrected chi connectivity index (χ1v) is 7.94. The van der Waals surface area contributed by atoms with E-state index in [-0.39, 0.29) is 0 Å². The van der Waals surface area contributed by atoms with E-state index in [4.69, 9.17) is 9.47 Å². The molecule has 0 aliphatic heterocycles. The van der Waals surface area contributed by atoms with Crippen LogP contribution < -0.4 is 4.72 Å². The van der Waals surface area contributed by atoms with Crippen LogP contribution in [0.15, 0.2) is 10.4 Å². The molecule has 0 aliphatic carbocycles. The Morgan fingerprint density at radius 1 is 1.40 bits per heavy atom. The third kappa shape index (κ3) is 4.93. The second kappa shape index (κ2) is 6.30. The van der Waals surface area contributed by atoms with Gasteiger partial charge in [-0.1, -0.05) is 11.3 Å². The van der Waals surface area contributed by atoms with Crippen LogP contribution in [-0.4, -0.2) is 28.3 Å². The van der Waals surface area contributed by atoms with E-state index in [1.807, 2.05) is 13.8 Å². The molecule has 114 valence electrons. The van der Waals surface area contributed by atoms with E-state index in [0.29, 0.717) is 9.22 Å². The minimum Gasteiger partial charge on any atom is -0.587 e. The van der Waals surface area contributed by atoms with Crippen LogP contribution in [-0.2, 0) is 26.4 Å². The first kappa shape index (κ1) is 17.2. The second-order valence-electron chi connectivity index (χ2n) is 5.57. The Morgan fingerprint density at radius 3 is 2.50 bits per heavy atom. The summed E-state index contributed by atoms with van der Waals surface area (Å²) in [5.74, 6) is 0. The van der Waals surface area contributed by atoms with E-state index in [0.717, 1.165) is 0 Å². The fourth-order valence-corrected chi connectivity index (χ4v) is 2.97. The Kier molecular flexibility index (Phi) is 5.42. The van der Waals surface area contributed by atoms with Crippen LogP contribution in [0.3, 0.4) is 0 Å². The van der Waals surface area contributed by atoms with E-state index < -0.39 is 28.7 Å². The van der Waals surface area contributed by atoms with Gasteiger partial charge in [-0.2, -0.15) is 0 Å². The standard InChI is InChI=1S/C12H20N2O4S2/c1-11(2,3)18-10(15)14-20(16)8-7-13-9(19-8)12(4,5)17-6/h7H,1-6H3,(H,14,15). The first-order chi connectivity index (χ1) is 9.05. The summed E-state index contributed by atoms with van der Waals surface area (Å²) < 4.78 is 25.1. The van der Waals surface area contributed by atoms with Gasteiger partial charge in [-0.05, 0) is 34.6 Å². The summed E-state index contributed by atoms with van der Waals surface area (Å²) in [7, 11) is 1.58. The number of carbonyl (C=O) groups excluding carboxylic acids is 1. The normalized spacial score (nSPS) is 13.9. The number of rotatable bonds is 4. The summed E-state index contributed by atoms with van der Waals surface area (Å²) in [6.45, 7) is 8.93. The molecule has 8 heteroatoms. The highest BCUT2D eigenvalue weighted by Crippen LogP contribution is 2.30. The molecule has 0 fully saturated rings. The molecule has 6 nitrogen and oxygen atoms in total. The van der Waals surface area contributed by atoms with E-state index in [2.05, 4.69) is 9.71 Å². The lowest BCUT2D eigenvalue weighted by molar-refractivity contribution is 0.0190. The molecule has 1 N–H and O–H groups in total. The van der Waals surface area contributed by atoms with Crippen LogP contribution >= 0.6 is 11.3 Å². The zero-order valence-corrected chi connectivity index (χ0v) is 14.1. The summed E-state index contributed by atoms with van der Waals surface area (Å²) in [6.07, 6.45) is 0.741. The molecule has 0 aromatic carbocycles. The maximum Gasteiger partial charge on any atom is 0.449 e. The lowest BCUT2D eigenvalue weighted by atomic mass is 10.1. The summed E-state index contributed by atoms with van der Waals surface area (Å²) in [5.41, 5.74) is -1.19. The Bertz CT molecular complexity index is 468. The van der Waals surface area contributed by atoms with Crippen LogP contribution in [0.1, 0.15) is 39.6 Å². The van der Waals surface area contributed by atoms with Crippen LogP contribution in [0.25, 0.3) is 0 Å². The van der Waals surface area contributed by atoms with Gasteiger partial charge in [0, 0.05) is 7.11 Å². The molecule has 1 aromatic heterocycles. The van der Waals surface area contributed by atoms with Gasteiger partial charge >= 0.3 is 6.09 Å². The number of amides is 1. The van der Waals surface area contributed by atoms with Crippen LogP contribution in [0, 0.1) is 0 Å². The van der Waals surface area contributed by atoms with Crippen molar-refractivity contribution in [1.82, 2.24) is 9.71 Å². The average molecular weight is 320 g/mol. The van der Waals surface area contributed by atoms with E-state index in [1.54, 1.807) is 27.9 Å². The molecule has 1 aromatic rings. The fraction of sp³-hybridized carbons (Fsp3) is 0.667. The number of nitrogens with one attached hydrogen (secondary N) is 1. The predicted molar refractivity (Wildman–Crippen MR) is 77.9 cm³/mol. The van der Waals surface area contributed by atoms with Crippen LogP contribution in [0.5, 0.6) is 0 Å². The van der Waals surface area contributed by atoms with Gasteiger partial charge in [0.1, 0.15) is 27.6 Å². The minimum absolute atomic E-state index is 0.441. The van der Waals surface area contributed by atoms with Gasteiger partial charge < -0.3 is 14.0 Å². The second-order valence-corrected chi connectivity index (χ2v) is 8.04. The fourth-order valence-electron chi connectivity index (χ4n) is 1.14. The summed E-state index contributed by atoms with van der Waals surface area (Å²) >= 11 is -0.462. The molecule has 1 unspecified atom stereocenters. The lowest BCUT2D eigenvalue weighted by Gasteiger charge is -2.20. The number of methoxy groups -OCH3 is 1. The molecule has 0 aliphatic rings. The van der Waals surface area contributed by atoms with Gasteiger partial charge in [-0.25, -0.2) is 9.78 Å².